The first-order chi connectivity index (χ1) is 39.0. The van der Waals surface area contributed by atoms with Gasteiger partial charge in [0, 0.05) is 12.8 Å². The Balaban J connectivity index is 3.93. The fourth-order valence-corrected chi connectivity index (χ4v) is 10.8. The number of esters is 2. The Morgan fingerprint density at radius 2 is 0.675 bits per heavy atom. The van der Waals surface area contributed by atoms with E-state index in [9.17, 15) is 19.0 Å². The zero-order chi connectivity index (χ0) is 58.4. The molecule has 10 heteroatoms. The molecule has 9 nitrogen and oxygen atoms in total. The second-order valence-electron chi connectivity index (χ2n) is 24.6. The van der Waals surface area contributed by atoms with Crippen LogP contribution in [-0.4, -0.2) is 74.9 Å². The van der Waals surface area contributed by atoms with Crippen molar-refractivity contribution >= 4 is 19.8 Å². The molecule has 2 atom stereocenters. The van der Waals surface area contributed by atoms with E-state index in [1.165, 1.54) is 231 Å². The maximum absolute atomic E-state index is 12.8. The van der Waals surface area contributed by atoms with Crippen molar-refractivity contribution in [3.8, 4) is 0 Å². The molecule has 1 N–H and O–H groups in total. The predicted octanol–water partition coefficient (Wildman–Crippen LogP) is 22.1. The lowest BCUT2D eigenvalue weighted by Gasteiger charge is -2.24. The predicted molar refractivity (Wildman–Crippen MR) is 344 cm³/mol. The molecule has 0 radical (unpaired) electrons. The molecule has 0 aliphatic rings. The van der Waals surface area contributed by atoms with Crippen molar-refractivity contribution in [1.82, 2.24) is 0 Å². The van der Waals surface area contributed by atoms with Gasteiger partial charge in [0.2, 0.25) is 0 Å². The van der Waals surface area contributed by atoms with Crippen molar-refractivity contribution in [2.75, 3.05) is 47.5 Å². The number of unbranched alkanes of at least 4 members (excludes halogenated alkanes) is 42. The molecule has 0 aliphatic heterocycles. The van der Waals surface area contributed by atoms with Crippen molar-refractivity contribution in [2.45, 2.75) is 341 Å². The highest BCUT2D eigenvalue weighted by atomic mass is 31.2. The number of phosphoric ester groups is 1. The van der Waals surface area contributed by atoms with Gasteiger partial charge in [0.05, 0.1) is 27.7 Å². The normalized spacial score (nSPS) is 13.4. The lowest BCUT2D eigenvalue weighted by molar-refractivity contribution is -0.870. The van der Waals surface area contributed by atoms with Gasteiger partial charge in [0.15, 0.2) is 6.10 Å². The Kier molecular flexibility index (Phi) is 60.0. The second kappa shape index (κ2) is 61.5. The van der Waals surface area contributed by atoms with Gasteiger partial charge in [0.25, 0.3) is 0 Å². The lowest BCUT2D eigenvalue weighted by Crippen LogP contribution is -2.37. The number of ether oxygens (including phenoxy) is 2. The molecular weight excluding hydrogens is 1010 g/mol. The Hall–Kier alpha value is -2.03. The average molecular weight is 1150 g/mol. The minimum atomic E-state index is -4.39. The summed E-state index contributed by atoms with van der Waals surface area (Å²) in [7, 11) is 1.48. The molecule has 0 aromatic heterocycles. The summed E-state index contributed by atoms with van der Waals surface area (Å²) in [5.41, 5.74) is 0. The lowest BCUT2D eigenvalue weighted by atomic mass is 10.0. The number of quaternary nitrogens is 1. The molecule has 80 heavy (non-hydrogen) atoms. The van der Waals surface area contributed by atoms with Crippen molar-refractivity contribution < 1.29 is 42.1 Å². The van der Waals surface area contributed by atoms with E-state index in [2.05, 4.69) is 62.5 Å². The third-order valence-corrected chi connectivity index (χ3v) is 16.3. The largest absolute Gasteiger partial charge is 0.472 e. The van der Waals surface area contributed by atoms with Crippen LogP contribution in [0.3, 0.4) is 0 Å². The summed E-state index contributed by atoms with van der Waals surface area (Å²) in [6, 6.07) is 0. The highest BCUT2D eigenvalue weighted by Crippen LogP contribution is 2.43. The molecule has 0 aromatic carbocycles. The fraction of sp³-hybridized carbons (Fsp3) is 0.857. The van der Waals surface area contributed by atoms with Crippen LogP contribution in [0, 0.1) is 0 Å². The van der Waals surface area contributed by atoms with Crippen LogP contribution in [0.15, 0.2) is 48.6 Å². The Morgan fingerprint density at radius 3 is 1.04 bits per heavy atom. The zero-order valence-electron chi connectivity index (χ0n) is 53.6. The summed E-state index contributed by atoms with van der Waals surface area (Å²) < 4.78 is 34.6. The van der Waals surface area contributed by atoms with E-state index in [0.717, 1.165) is 70.6 Å². The van der Waals surface area contributed by atoms with E-state index in [0.29, 0.717) is 17.4 Å². The minimum absolute atomic E-state index is 0.0294. The van der Waals surface area contributed by atoms with Crippen LogP contribution in [0.1, 0.15) is 335 Å². The van der Waals surface area contributed by atoms with E-state index in [4.69, 9.17) is 18.5 Å². The van der Waals surface area contributed by atoms with E-state index < -0.39 is 26.5 Å². The molecule has 0 bridgehead atoms. The number of carbonyl (C=O) groups excluding carboxylic acids is 2. The van der Waals surface area contributed by atoms with Crippen LogP contribution in [-0.2, 0) is 32.7 Å². The highest BCUT2D eigenvalue weighted by Gasteiger charge is 2.27. The molecule has 0 amide bonds. The molecule has 470 valence electrons. The third-order valence-electron chi connectivity index (χ3n) is 15.3. The number of hydrogen-bond acceptors (Lipinski definition) is 7. The number of phosphoric acid groups is 1. The summed E-state index contributed by atoms with van der Waals surface area (Å²) in [4.78, 5) is 35.8. The summed E-state index contributed by atoms with van der Waals surface area (Å²) in [6.45, 7) is 4.43. The topological polar surface area (TPSA) is 108 Å². The second-order valence-corrected chi connectivity index (χ2v) is 26.0. The average Bonchev–Trinajstić information content (AvgIpc) is 3.42. The van der Waals surface area contributed by atoms with Gasteiger partial charge in [-0.05, 0) is 77.0 Å². The van der Waals surface area contributed by atoms with Gasteiger partial charge in [0.1, 0.15) is 19.8 Å². The SMILES string of the molecule is CCCCC/C=C\C/C=C\C/C=C\CCCCCCCCC(=O)OC(COC(=O)CCCCCCCCCCCCCCCCCCCCCCCCCCC/C=C\CCCCCCCCCC)COP(=O)(O)OCC[N+](C)(C)C. The molecule has 0 spiro atoms. The molecule has 0 aromatic rings. The molecule has 0 heterocycles. The maximum atomic E-state index is 12.8. The van der Waals surface area contributed by atoms with Crippen LogP contribution >= 0.6 is 7.82 Å². The van der Waals surface area contributed by atoms with Crippen molar-refractivity contribution in [2.24, 2.45) is 0 Å². The first-order valence-electron chi connectivity index (χ1n) is 34.4. The van der Waals surface area contributed by atoms with Gasteiger partial charge in [-0.25, -0.2) is 4.57 Å². The van der Waals surface area contributed by atoms with E-state index in [-0.39, 0.29) is 32.0 Å². The van der Waals surface area contributed by atoms with Crippen LogP contribution in [0.25, 0.3) is 0 Å². The van der Waals surface area contributed by atoms with Gasteiger partial charge < -0.3 is 18.9 Å². The summed E-state index contributed by atoms with van der Waals surface area (Å²) >= 11 is 0. The Morgan fingerprint density at radius 1 is 0.388 bits per heavy atom. The molecule has 0 saturated heterocycles. The van der Waals surface area contributed by atoms with Crippen LogP contribution in [0.5, 0.6) is 0 Å². The molecule has 0 saturated carbocycles. The van der Waals surface area contributed by atoms with Crippen molar-refractivity contribution in [3.63, 3.8) is 0 Å². The van der Waals surface area contributed by atoms with E-state index in [1.54, 1.807) is 0 Å². The molecule has 2 unspecified atom stereocenters. The van der Waals surface area contributed by atoms with Crippen LogP contribution in [0.4, 0.5) is 0 Å². The fourth-order valence-electron chi connectivity index (χ4n) is 10.0. The number of hydrogen-bond donors (Lipinski definition) is 1. The monoisotopic (exact) mass is 1150 g/mol. The van der Waals surface area contributed by atoms with Crippen molar-refractivity contribution in [1.29, 1.82) is 0 Å². The Bertz CT molecular complexity index is 1490. The summed E-state index contributed by atoms with van der Waals surface area (Å²) in [5.74, 6) is -0.798. The summed E-state index contributed by atoms with van der Waals surface area (Å²) in [6.07, 6.45) is 79.4. The van der Waals surface area contributed by atoms with Gasteiger partial charge in [-0.3, -0.25) is 18.6 Å². The summed E-state index contributed by atoms with van der Waals surface area (Å²) in [5, 5.41) is 0. The third kappa shape index (κ3) is 65.1. The van der Waals surface area contributed by atoms with Crippen LogP contribution < -0.4 is 0 Å². The standard InChI is InChI=1S/C70H132NO8P/c1-6-8-10-12-14-16-18-20-22-24-26-27-28-29-30-31-32-33-34-35-36-37-38-39-40-41-42-43-45-46-48-50-52-54-56-58-60-62-69(72)76-66-68(67-78-80(74,75)77-65-64-71(3,4)5)79-70(73)63-61-59-57-55-53-51-49-47-44-25-23-21-19-17-15-13-11-9-7-2/h15,17,21,23-24,26,44,47,68H,6-14,16,18-20,22,25,27-43,45-46,48-67H2,1-5H3/p+1/b17-15-,23-21-,26-24-,47-44-. The first kappa shape index (κ1) is 78.0. The number of nitrogens with zero attached hydrogens (tertiary/aromatic N) is 1. The quantitative estimate of drug-likeness (QED) is 0.0211. The number of likely N-dealkylation sites (N-methyl/N-ethyl adjacent to an activating group) is 1. The number of carbonyl (C=O) groups is 2. The zero-order valence-corrected chi connectivity index (χ0v) is 54.5. The molecule has 0 fully saturated rings. The van der Waals surface area contributed by atoms with Gasteiger partial charge in [-0.2, -0.15) is 0 Å². The number of allylic oxidation sites excluding steroid dienone is 8. The van der Waals surface area contributed by atoms with Gasteiger partial charge in [-0.1, -0.05) is 294 Å². The van der Waals surface area contributed by atoms with Gasteiger partial charge in [-0.15, -0.1) is 0 Å². The molecule has 0 rings (SSSR count). The van der Waals surface area contributed by atoms with Gasteiger partial charge >= 0.3 is 19.8 Å². The Labute approximate surface area is 496 Å². The molecule has 0 aliphatic carbocycles. The van der Waals surface area contributed by atoms with Crippen molar-refractivity contribution in [3.05, 3.63) is 48.6 Å². The minimum Gasteiger partial charge on any atom is -0.462 e. The maximum Gasteiger partial charge on any atom is 0.472 e. The van der Waals surface area contributed by atoms with E-state index in [1.807, 2.05) is 21.1 Å². The highest BCUT2D eigenvalue weighted by molar-refractivity contribution is 7.47. The first-order valence-corrected chi connectivity index (χ1v) is 35.9. The van der Waals surface area contributed by atoms with Crippen LogP contribution in [0.2, 0.25) is 0 Å². The number of rotatable bonds is 64. The smallest absolute Gasteiger partial charge is 0.462 e. The van der Waals surface area contributed by atoms with E-state index >= 15 is 0 Å². The molecular formula is C70H133NO8P+.